The molecule has 0 bridgehead atoms. The number of aryl methyl sites for hydroxylation is 2. The molecule has 138 valence electrons. The van der Waals surface area contributed by atoms with Gasteiger partial charge >= 0.3 is 0 Å². The van der Waals surface area contributed by atoms with Gasteiger partial charge < -0.3 is 0 Å². The maximum absolute atomic E-state index is 12.9. The van der Waals surface area contributed by atoms with Gasteiger partial charge in [0, 0.05) is 11.4 Å². The van der Waals surface area contributed by atoms with Crippen molar-refractivity contribution in [3.05, 3.63) is 20.8 Å². The fourth-order valence-corrected chi connectivity index (χ4v) is 5.11. The van der Waals surface area contributed by atoms with Gasteiger partial charge in [0.05, 0.1) is 5.39 Å². The third kappa shape index (κ3) is 3.97. The molecule has 2 aromatic rings. The van der Waals surface area contributed by atoms with E-state index in [2.05, 4.69) is 38.0 Å². The summed E-state index contributed by atoms with van der Waals surface area (Å²) in [7, 11) is 0. The van der Waals surface area contributed by atoms with Gasteiger partial charge in [0.2, 0.25) is 0 Å². The van der Waals surface area contributed by atoms with Crippen LogP contribution in [-0.4, -0.2) is 15.0 Å². The van der Waals surface area contributed by atoms with Crippen molar-refractivity contribution in [1.29, 1.82) is 0 Å². The lowest BCUT2D eigenvalue weighted by Gasteiger charge is -2.33. The van der Waals surface area contributed by atoms with Crippen molar-refractivity contribution in [1.82, 2.24) is 15.0 Å². The molecule has 0 aliphatic heterocycles. The van der Waals surface area contributed by atoms with E-state index in [0.29, 0.717) is 17.9 Å². The number of hydrogen-bond donors (Lipinski definition) is 0. The van der Waals surface area contributed by atoms with E-state index >= 15 is 0 Å². The summed E-state index contributed by atoms with van der Waals surface area (Å²) in [5, 5.41) is 9.44. The molecule has 1 aliphatic carbocycles. The first-order valence-corrected chi connectivity index (χ1v) is 10.6. The summed E-state index contributed by atoms with van der Waals surface area (Å²) in [6.07, 6.45) is 9.18. The molecule has 1 aliphatic rings. The summed E-state index contributed by atoms with van der Waals surface area (Å²) in [5.74, 6) is 0.682. The van der Waals surface area contributed by atoms with Crippen molar-refractivity contribution in [2.45, 2.75) is 85.6 Å². The van der Waals surface area contributed by atoms with Crippen LogP contribution in [0.5, 0.6) is 0 Å². The van der Waals surface area contributed by atoms with Crippen molar-refractivity contribution in [3.8, 4) is 0 Å². The molecule has 0 saturated carbocycles. The molecule has 2 heterocycles. The van der Waals surface area contributed by atoms with Crippen LogP contribution < -0.4 is 5.56 Å². The van der Waals surface area contributed by atoms with Crippen molar-refractivity contribution in [2.24, 2.45) is 11.3 Å². The van der Waals surface area contributed by atoms with Gasteiger partial charge in [-0.3, -0.25) is 4.79 Å². The van der Waals surface area contributed by atoms with Gasteiger partial charge in [-0.05, 0) is 42.6 Å². The second-order valence-corrected chi connectivity index (χ2v) is 9.61. The van der Waals surface area contributed by atoms with E-state index in [-0.39, 0.29) is 5.56 Å². The molecule has 25 heavy (non-hydrogen) atoms. The molecule has 0 spiro atoms. The predicted octanol–water partition coefficient (Wildman–Crippen LogP) is 4.97. The topological polar surface area (TPSA) is 47.8 Å². The lowest BCUT2D eigenvalue weighted by atomic mass is 9.72. The Hall–Kier alpha value is -1.23. The second kappa shape index (κ2) is 7.56. The molecule has 3 rings (SSSR count). The van der Waals surface area contributed by atoms with Gasteiger partial charge in [0.1, 0.15) is 0 Å². The largest absolute Gasteiger partial charge is 0.278 e. The Bertz CT molecular complexity index is 785. The molecular weight excluding hydrogens is 330 g/mol. The van der Waals surface area contributed by atoms with Crippen LogP contribution in [0.15, 0.2) is 4.79 Å². The highest BCUT2D eigenvalue weighted by atomic mass is 32.1. The highest BCUT2D eigenvalue weighted by molar-refractivity contribution is 7.18. The molecule has 5 heteroatoms. The smallest absolute Gasteiger partial charge is 0.267 e. The van der Waals surface area contributed by atoms with Crippen LogP contribution in [0.1, 0.15) is 76.7 Å². The van der Waals surface area contributed by atoms with E-state index in [4.69, 9.17) is 0 Å². The zero-order valence-corrected chi connectivity index (χ0v) is 16.9. The van der Waals surface area contributed by atoms with E-state index in [1.807, 2.05) is 0 Å². The minimum atomic E-state index is 0.0761. The average Bonchev–Trinajstić information content (AvgIpc) is 2.94. The van der Waals surface area contributed by atoms with Gasteiger partial charge in [0.25, 0.3) is 5.56 Å². The summed E-state index contributed by atoms with van der Waals surface area (Å²) >= 11 is 1.69. The summed E-state index contributed by atoms with van der Waals surface area (Å²) in [4.78, 5) is 15.1. The molecule has 2 aromatic heterocycles. The Morgan fingerprint density at radius 2 is 1.96 bits per heavy atom. The summed E-state index contributed by atoms with van der Waals surface area (Å²) < 4.78 is 1.59. The molecule has 0 radical (unpaired) electrons. The zero-order valence-electron chi connectivity index (χ0n) is 16.1. The lowest BCUT2D eigenvalue weighted by Crippen LogP contribution is -2.27. The Balaban J connectivity index is 1.82. The molecule has 0 N–H and O–H groups in total. The first kappa shape index (κ1) is 18.6. The van der Waals surface area contributed by atoms with E-state index in [0.717, 1.165) is 35.9 Å². The van der Waals surface area contributed by atoms with Gasteiger partial charge in [-0.15, -0.1) is 16.4 Å². The van der Waals surface area contributed by atoms with E-state index in [9.17, 15) is 4.79 Å². The fourth-order valence-electron chi connectivity index (χ4n) is 3.88. The maximum Gasteiger partial charge on any atom is 0.278 e. The summed E-state index contributed by atoms with van der Waals surface area (Å²) in [6, 6.07) is 0. The van der Waals surface area contributed by atoms with Gasteiger partial charge in [-0.2, -0.15) is 0 Å². The fraction of sp³-hybridized carbons (Fsp3) is 0.750. The number of aromatic nitrogens is 3. The Labute approximate surface area is 154 Å². The molecule has 0 aromatic carbocycles. The van der Waals surface area contributed by atoms with E-state index < -0.39 is 0 Å². The maximum atomic E-state index is 12.9. The quantitative estimate of drug-likeness (QED) is 0.682. The first-order valence-electron chi connectivity index (χ1n) is 9.80. The van der Waals surface area contributed by atoms with Crippen LogP contribution in [-0.2, 0) is 19.4 Å². The Morgan fingerprint density at radius 1 is 1.20 bits per heavy atom. The Kier molecular flexibility index (Phi) is 5.62. The monoisotopic (exact) mass is 361 g/mol. The normalized spacial score (nSPS) is 17.8. The van der Waals surface area contributed by atoms with Crippen LogP contribution in [0, 0.1) is 11.3 Å². The summed E-state index contributed by atoms with van der Waals surface area (Å²) in [5.41, 5.74) is 1.66. The molecule has 0 unspecified atom stereocenters. The first-order chi connectivity index (χ1) is 11.9. The minimum absolute atomic E-state index is 0.0761. The molecular formula is C20H31N3OS. The van der Waals surface area contributed by atoms with Gasteiger partial charge in [0.15, 0.2) is 4.83 Å². The molecule has 0 fully saturated rings. The number of fused-ring (bicyclic) bond motifs is 3. The molecule has 4 nitrogen and oxygen atoms in total. The molecule has 0 amide bonds. The number of hydrogen-bond acceptors (Lipinski definition) is 4. The highest BCUT2D eigenvalue weighted by Gasteiger charge is 2.31. The number of unbranched alkanes of at least 4 members (excludes halogenated alkanes) is 4. The van der Waals surface area contributed by atoms with Crippen molar-refractivity contribution in [2.75, 3.05) is 0 Å². The van der Waals surface area contributed by atoms with Crippen LogP contribution in [0.2, 0.25) is 0 Å². The standard InChI is InChI=1S/C20H31N3OS/c1-5-6-7-8-9-12-23-19(24)17-15-11-10-14(20(2,3)4)13-16(15)25-18(17)21-22-23/h14H,5-13H2,1-4H3/t14-/m0/s1. The predicted molar refractivity (Wildman–Crippen MR) is 105 cm³/mol. The highest BCUT2D eigenvalue weighted by Crippen LogP contribution is 2.41. The second-order valence-electron chi connectivity index (χ2n) is 8.52. The minimum Gasteiger partial charge on any atom is -0.267 e. The van der Waals surface area contributed by atoms with Crippen molar-refractivity contribution >= 4 is 21.6 Å². The van der Waals surface area contributed by atoms with Gasteiger partial charge in [-0.1, -0.05) is 58.6 Å². The lowest BCUT2D eigenvalue weighted by molar-refractivity contribution is 0.218. The third-order valence-corrected chi connectivity index (χ3v) is 6.78. The number of rotatable bonds is 6. The van der Waals surface area contributed by atoms with Crippen LogP contribution in [0.3, 0.4) is 0 Å². The van der Waals surface area contributed by atoms with E-state index in [1.165, 1.54) is 36.1 Å². The number of thiophene rings is 1. The van der Waals surface area contributed by atoms with Crippen LogP contribution in [0.4, 0.5) is 0 Å². The summed E-state index contributed by atoms with van der Waals surface area (Å²) in [6.45, 7) is 9.87. The average molecular weight is 362 g/mol. The zero-order chi connectivity index (χ0) is 18.0. The number of nitrogens with zero attached hydrogens (tertiary/aromatic N) is 3. The van der Waals surface area contributed by atoms with Crippen LogP contribution in [0.25, 0.3) is 10.2 Å². The van der Waals surface area contributed by atoms with Crippen molar-refractivity contribution in [3.63, 3.8) is 0 Å². The molecule has 0 saturated heterocycles. The van der Waals surface area contributed by atoms with Crippen molar-refractivity contribution < 1.29 is 0 Å². The van der Waals surface area contributed by atoms with E-state index in [1.54, 1.807) is 16.0 Å². The molecule has 1 atom stereocenters. The van der Waals surface area contributed by atoms with Gasteiger partial charge in [-0.25, -0.2) is 4.68 Å². The third-order valence-electron chi connectivity index (χ3n) is 5.64. The van der Waals surface area contributed by atoms with Crippen LogP contribution >= 0.6 is 11.3 Å². The SMILES string of the molecule is CCCCCCCn1nnc2sc3c(c2c1=O)CC[C@H](C(C)(C)C)C3. The Morgan fingerprint density at radius 3 is 2.68 bits per heavy atom.